The predicted molar refractivity (Wildman–Crippen MR) is 118 cm³/mol. The Bertz CT molecular complexity index is 1030. The lowest BCUT2D eigenvalue weighted by Gasteiger charge is -2.13. The van der Waals surface area contributed by atoms with Crippen molar-refractivity contribution in [1.29, 1.82) is 0 Å². The Morgan fingerprint density at radius 2 is 1.83 bits per heavy atom. The van der Waals surface area contributed by atoms with Crippen molar-refractivity contribution in [3.05, 3.63) is 64.5 Å². The highest BCUT2D eigenvalue weighted by molar-refractivity contribution is 5.95. The molecule has 0 amide bonds. The average molecular weight is 413 g/mol. The molecule has 0 aliphatic heterocycles. The first-order chi connectivity index (χ1) is 14.5. The van der Waals surface area contributed by atoms with Crippen LogP contribution in [0.5, 0.6) is 5.75 Å². The number of phenols is 1. The number of hydrogen-bond donors (Lipinski definition) is 3. The van der Waals surface area contributed by atoms with E-state index in [1.807, 2.05) is 51.1 Å². The van der Waals surface area contributed by atoms with E-state index in [0.717, 1.165) is 18.4 Å². The van der Waals surface area contributed by atoms with E-state index in [9.17, 15) is 19.8 Å². The first-order valence-electron chi connectivity index (χ1n) is 10.4. The van der Waals surface area contributed by atoms with Gasteiger partial charge in [-0.25, -0.2) is 9.59 Å². The van der Waals surface area contributed by atoms with Crippen LogP contribution in [-0.4, -0.2) is 22.2 Å². The zero-order chi connectivity index (χ0) is 22.1. The van der Waals surface area contributed by atoms with E-state index in [-0.39, 0.29) is 12.3 Å². The molecule has 0 spiro atoms. The molecule has 4 N–H and O–H groups in total. The van der Waals surface area contributed by atoms with Gasteiger partial charge in [-0.3, -0.25) is 0 Å². The largest absolute Gasteiger partial charge is 0.507 e. The van der Waals surface area contributed by atoms with Crippen LogP contribution in [0.25, 0.3) is 22.1 Å². The minimum atomic E-state index is -0.889. The molecule has 0 unspecified atom stereocenters. The van der Waals surface area contributed by atoms with Gasteiger partial charge in [0.1, 0.15) is 12.3 Å². The van der Waals surface area contributed by atoms with Crippen molar-refractivity contribution in [2.45, 2.75) is 52.6 Å². The summed E-state index contributed by atoms with van der Waals surface area (Å²) in [6.45, 7) is 6.21. The highest BCUT2D eigenvalue weighted by Crippen LogP contribution is 2.32. The van der Waals surface area contributed by atoms with Crippen LogP contribution in [0.3, 0.4) is 0 Å². The van der Waals surface area contributed by atoms with Gasteiger partial charge in [0, 0.05) is 17.9 Å². The number of phenolic OH excluding ortho intramolecular Hbond substituents is 1. The molecule has 1 aromatic heterocycles. The van der Waals surface area contributed by atoms with Crippen molar-refractivity contribution in [2.75, 3.05) is 0 Å². The fourth-order valence-electron chi connectivity index (χ4n) is 3.35. The molecule has 0 saturated heterocycles. The zero-order valence-electron chi connectivity index (χ0n) is 17.7. The van der Waals surface area contributed by atoms with Crippen molar-refractivity contribution in [3.8, 4) is 16.9 Å². The summed E-state index contributed by atoms with van der Waals surface area (Å²) in [7, 11) is 0. The third kappa shape index (κ3) is 5.48. The maximum Gasteiger partial charge on any atom is 0.362 e. The summed E-state index contributed by atoms with van der Waals surface area (Å²) >= 11 is 0. The molecule has 3 aromatic rings. The maximum atomic E-state index is 12.2. The molecule has 3 rings (SSSR count). The topological polar surface area (TPSA) is 104 Å². The molecule has 0 aliphatic rings. The van der Waals surface area contributed by atoms with Gasteiger partial charge in [0.25, 0.3) is 0 Å². The van der Waals surface area contributed by atoms with Crippen molar-refractivity contribution >= 4 is 16.9 Å². The summed E-state index contributed by atoms with van der Waals surface area (Å²) in [5.74, 6) is -0.906. The van der Waals surface area contributed by atoms with Crippen molar-refractivity contribution < 1.29 is 24.7 Å². The summed E-state index contributed by atoms with van der Waals surface area (Å²) in [5, 5.41) is 22.2. The van der Waals surface area contributed by atoms with Crippen LogP contribution in [-0.2, 0) is 11.3 Å². The molecule has 1 atom stereocenters. The van der Waals surface area contributed by atoms with Crippen LogP contribution in [0, 0.1) is 0 Å². The summed E-state index contributed by atoms with van der Waals surface area (Å²) in [6.07, 6.45) is 2.26. The molecule has 30 heavy (non-hydrogen) atoms. The standard InChI is InChI=1S/C22H23NO5.C2H6/c1-2-3-9-18(22(26)27)23-13-17-19(24)11-10-15-16(12-20(25)28-21(15)17)14-7-5-4-6-8-14;1-2/h4-8,10-12,18,23-24H,2-3,9,13H2,1H3,(H,26,27);1-2H3/p+1/t18-;/m1./s1. The molecule has 1 heterocycles. The van der Waals surface area contributed by atoms with E-state index in [1.54, 1.807) is 17.4 Å². The highest BCUT2D eigenvalue weighted by atomic mass is 16.4. The minimum Gasteiger partial charge on any atom is -0.507 e. The second-order valence-electron chi connectivity index (χ2n) is 6.81. The molecule has 0 fully saturated rings. The van der Waals surface area contributed by atoms with Gasteiger partial charge in [-0.2, -0.15) is 0 Å². The number of carboxylic acid groups (broad SMARTS) is 1. The molecule has 6 heteroatoms. The number of carbonyl (C=O) groups is 1. The first-order valence-corrected chi connectivity index (χ1v) is 10.4. The molecule has 6 nitrogen and oxygen atoms in total. The monoisotopic (exact) mass is 412 g/mol. The number of hydrogen-bond acceptors (Lipinski definition) is 4. The number of quaternary nitrogens is 1. The summed E-state index contributed by atoms with van der Waals surface area (Å²) < 4.78 is 5.43. The summed E-state index contributed by atoms with van der Waals surface area (Å²) in [4.78, 5) is 23.7. The van der Waals surface area contributed by atoms with E-state index in [1.165, 1.54) is 6.07 Å². The number of aromatic hydroxyl groups is 1. The summed E-state index contributed by atoms with van der Waals surface area (Å²) in [5.41, 5.74) is 1.79. The predicted octanol–water partition coefficient (Wildman–Crippen LogP) is 3.90. The molecule has 160 valence electrons. The lowest BCUT2D eigenvalue weighted by molar-refractivity contribution is -0.693. The van der Waals surface area contributed by atoms with E-state index in [2.05, 4.69) is 0 Å². The fraction of sp³-hybridized carbons (Fsp3) is 0.333. The third-order valence-electron chi connectivity index (χ3n) is 4.87. The van der Waals surface area contributed by atoms with Gasteiger partial charge in [0.2, 0.25) is 0 Å². The number of nitrogens with two attached hydrogens (primary N) is 1. The first kappa shape index (κ1) is 23.2. The summed E-state index contributed by atoms with van der Waals surface area (Å²) in [6, 6.07) is 13.6. The minimum absolute atomic E-state index is 0.0169. The Morgan fingerprint density at radius 1 is 1.13 bits per heavy atom. The van der Waals surface area contributed by atoms with Gasteiger partial charge >= 0.3 is 11.6 Å². The van der Waals surface area contributed by atoms with Crippen LogP contribution in [0.2, 0.25) is 0 Å². The van der Waals surface area contributed by atoms with Crippen LogP contribution >= 0.6 is 0 Å². The number of rotatable bonds is 8. The van der Waals surface area contributed by atoms with Gasteiger partial charge in [0.15, 0.2) is 11.6 Å². The van der Waals surface area contributed by atoms with E-state index in [0.29, 0.717) is 28.5 Å². The van der Waals surface area contributed by atoms with Gasteiger partial charge in [-0.1, -0.05) is 57.5 Å². The van der Waals surface area contributed by atoms with E-state index >= 15 is 0 Å². The van der Waals surface area contributed by atoms with E-state index < -0.39 is 17.6 Å². The Labute approximate surface area is 176 Å². The number of fused-ring (bicyclic) bond motifs is 1. The molecule has 0 bridgehead atoms. The molecule has 0 aliphatic carbocycles. The lowest BCUT2D eigenvalue weighted by Crippen LogP contribution is -2.90. The molecular weight excluding hydrogens is 382 g/mol. The maximum absolute atomic E-state index is 12.2. The third-order valence-corrected chi connectivity index (χ3v) is 4.87. The van der Waals surface area contributed by atoms with Gasteiger partial charge in [0.05, 0.1) is 5.56 Å². The Balaban J connectivity index is 0.00000155. The van der Waals surface area contributed by atoms with Gasteiger partial charge < -0.3 is 19.9 Å². The highest BCUT2D eigenvalue weighted by Gasteiger charge is 2.22. The van der Waals surface area contributed by atoms with Crippen LogP contribution in [0.1, 0.15) is 45.6 Å². The molecular formula is C24H30NO5+. The van der Waals surface area contributed by atoms with Crippen LogP contribution in [0.15, 0.2) is 57.7 Å². The normalized spacial score (nSPS) is 11.6. The second kappa shape index (κ2) is 11.2. The van der Waals surface area contributed by atoms with Crippen molar-refractivity contribution in [1.82, 2.24) is 0 Å². The SMILES string of the molecule is CC.CCCC[C@@H]([NH2+]Cc1c(O)ccc2c(-c3ccccc3)cc(=O)oc12)C(=O)O. The Morgan fingerprint density at radius 3 is 2.47 bits per heavy atom. The lowest BCUT2D eigenvalue weighted by atomic mass is 9.99. The molecule has 0 saturated carbocycles. The smallest absolute Gasteiger partial charge is 0.362 e. The van der Waals surface area contributed by atoms with Crippen molar-refractivity contribution in [3.63, 3.8) is 0 Å². The number of benzene rings is 2. The number of aliphatic carboxylic acids is 1. The average Bonchev–Trinajstić information content (AvgIpc) is 2.76. The van der Waals surface area contributed by atoms with Crippen LogP contribution in [0.4, 0.5) is 0 Å². The van der Waals surface area contributed by atoms with Gasteiger partial charge in [-0.15, -0.1) is 0 Å². The van der Waals surface area contributed by atoms with E-state index in [4.69, 9.17) is 4.42 Å². The number of carboxylic acids is 1. The molecule has 0 radical (unpaired) electrons. The quantitative estimate of drug-likeness (QED) is 0.487. The molecule has 2 aromatic carbocycles. The second-order valence-corrected chi connectivity index (χ2v) is 6.81. The Kier molecular flexibility index (Phi) is 8.62. The van der Waals surface area contributed by atoms with Gasteiger partial charge in [-0.05, 0) is 29.7 Å². The number of unbranched alkanes of at least 4 members (excludes halogenated alkanes) is 1. The van der Waals surface area contributed by atoms with Crippen molar-refractivity contribution in [2.24, 2.45) is 0 Å². The van der Waals surface area contributed by atoms with Crippen LogP contribution < -0.4 is 10.9 Å². The Hall–Kier alpha value is -3.12. The fourth-order valence-corrected chi connectivity index (χ4v) is 3.35. The zero-order valence-corrected chi connectivity index (χ0v) is 17.7.